The van der Waals surface area contributed by atoms with Crippen LogP contribution in [0.25, 0.3) is 0 Å². The van der Waals surface area contributed by atoms with E-state index in [1.54, 1.807) is 0 Å². The topological polar surface area (TPSA) is 40.9 Å². The maximum atomic E-state index is 11.5. The molecule has 1 aliphatic heterocycles. The van der Waals surface area contributed by atoms with Gasteiger partial charge < -0.3 is 0 Å². The molecule has 2 rings (SSSR count). The van der Waals surface area contributed by atoms with Crippen molar-refractivity contribution in [3.8, 4) is 0 Å². The van der Waals surface area contributed by atoms with Gasteiger partial charge in [-0.15, -0.1) is 0 Å². The van der Waals surface area contributed by atoms with E-state index in [0.717, 1.165) is 17.3 Å². The average molecular weight is 288 g/mol. The molecular weight excluding hydrogens is 274 g/mol. The van der Waals surface area contributed by atoms with E-state index >= 15 is 0 Å². The molecule has 1 aromatic rings. The van der Waals surface area contributed by atoms with Crippen molar-refractivity contribution in [2.45, 2.75) is 18.8 Å². The average Bonchev–Trinajstić information content (AvgIpc) is 2.20. The van der Waals surface area contributed by atoms with Gasteiger partial charge in [-0.2, -0.15) is 0 Å². The fourth-order valence-electron chi connectivity index (χ4n) is 1.98. The zero-order valence-corrected chi connectivity index (χ0v) is 10.8. The van der Waals surface area contributed by atoms with Gasteiger partial charge in [0.25, 0.3) is 0 Å². The van der Waals surface area contributed by atoms with Gasteiger partial charge in [0.05, 0.1) is 0 Å². The van der Waals surface area contributed by atoms with Crippen LogP contribution >= 0.6 is 15.9 Å². The van der Waals surface area contributed by atoms with Crippen LogP contribution in [0, 0.1) is 4.78 Å². The van der Waals surface area contributed by atoms with Crippen LogP contribution in [0.4, 0.5) is 0 Å². The molecule has 0 atom stereocenters. The van der Waals surface area contributed by atoms with Gasteiger partial charge in [0.2, 0.25) is 0 Å². The van der Waals surface area contributed by atoms with Gasteiger partial charge in [-0.25, -0.2) is 4.21 Å². The Hall–Kier alpha value is -0.350. The molecule has 0 radical (unpaired) electrons. The highest BCUT2D eigenvalue weighted by Crippen LogP contribution is 2.29. The third kappa shape index (κ3) is 2.82. The second kappa shape index (κ2) is 4.26. The summed E-state index contributed by atoms with van der Waals surface area (Å²) < 4.78 is 20.1. The van der Waals surface area contributed by atoms with Crippen molar-refractivity contribution in [2.75, 3.05) is 11.5 Å². The predicted octanol–water partition coefficient (Wildman–Crippen LogP) is 3.37. The Morgan fingerprint density at radius 2 is 1.73 bits per heavy atom. The van der Waals surface area contributed by atoms with Gasteiger partial charge in [-0.05, 0) is 36.5 Å². The molecule has 2 nitrogen and oxygen atoms in total. The number of halogens is 1. The molecule has 1 aromatic carbocycles. The Balaban J connectivity index is 2.11. The van der Waals surface area contributed by atoms with E-state index in [2.05, 4.69) is 28.1 Å². The molecule has 0 aliphatic carbocycles. The van der Waals surface area contributed by atoms with Gasteiger partial charge >= 0.3 is 0 Å². The molecule has 0 unspecified atom stereocenters. The highest BCUT2D eigenvalue weighted by molar-refractivity contribution is 9.10. The van der Waals surface area contributed by atoms with Crippen LogP contribution in [0.3, 0.4) is 0 Å². The monoisotopic (exact) mass is 287 g/mol. The SMILES string of the molecule is N=S1(=O)CCC(c2ccc(Br)cc2)CC1. The molecule has 4 heteroatoms. The molecule has 0 saturated carbocycles. The summed E-state index contributed by atoms with van der Waals surface area (Å²) in [5, 5.41) is 0. The van der Waals surface area contributed by atoms with Crippen molar-refractivity contribution in [3.63, 3.8) is 0 Å². The summed E-state index contributed by atoms with van der Waals surface area (Å²) in [7, 11) is -2.24. The highest BCUT2D eigenvalue weighted by Gasteiger charge is 2.22. The number of hydrogen-bond donors (Lipinski definition) is 1. The van der Waals surface area contributed by atoms with E-state index in [1.807, 2.05) is 12.1 Å². The second-order valence-electron chi connectivity index (χ2n) is 4.05. The Morgan fingerprint density at radius 3 is 2.27 bits per heavy atom. The molecule has 1 aliphatic rings. The number of rotatable bonds is 1. The van der Waals surface area contributed by atoms with Crippen LogP contribution in [-0.2, 0) is 9.73 Å². The van der Waals surface area contributed by atoms with E-state index in [-0.39, 0.29) is 0 Å². The van der Waals surface area contributed by atoms with Crippen molar-refractivity contribution in [1.82, 2.24) is 0 Å². The third-order valence-electron chi connectivity index (χ3n) is 2.93. The van der Waals surface area contributed by atoms with Crippen molar-refractivity contribution in [2.24, 2.45) is 0 Å². The van der Waals surface area contributed by atoms with Gasteiger partial charge in [-0.1, -0.05) is 28.1 Å². The van der Waals surface area contributed by atoms with Crippen LogP contribution in [0.15, 0.2) is 28.7 Å². The van der Waals surface area contributed by atoms with Crippen LogP contribution in [0.2, 0.25) is 0 Å². The lowest BCUT2D eigenvalue weighted by Crippen LogP contribution is -2.20. The summed E-state index contributed by atoms with van der Waals surface area (Å²) in [4.78, 5) is 0. The lowest BCUT2D eigenvalue weighted by atomic mass is 9.94. The molecule has 15 heavy (non-hydrogen) atoms. The molecule has 1 fully saturated rings. The number of benzene rings is 1. The second-order valence-corrected chi connectivity index (χ2v) is 7.40. The third-order valence-corrected chi connectivity index (χ3v) is 5.25. The summed E-state index contributed by atoms with van der Waals surface area (Å²) in [5.41, 5.74) is 1.31. The maximum absolute atomic E-state index is 11.5. The molecule has 1 saturated heterocycles. The quantitative estimate of drug-likeness (QED) is 0.845. The summed E-state index contributed by atoms with van der Waals surface area (Å²) in [5.74, 6) is 1.62. The Labute approximate surface area is 99.2 Å². The molecular formula is C11H14BrNOS. The summed E-state index contributed by atoms with van der Waals surface area (Å²) in [6.07, 6.45) is 1.79. The van der Waals surface area contributed by atoms with Gasteiger partial charge in [0.1, 0.15) is 0 Å². The first-order valence-corrected chi connectivity index (χ1v) is 7.75. The lowest BCUT2D eigenvalue weighted by Gasteiger charge is -2.23. The predicted molar refractivity (Wildman–Crippen MR) is 66.7 cm³/mol. The summed E-state index contributed by atoms with van der Waals surface area (Å²) >= 11 is 3.41. The molecule has 1 heterocycles. The number of nitrogens with one attached hydrogen (secondary N) is 1. The van der Waals surface area contributed by atoms with Crippen molar-refractivity contribution in [3.05, 3.63) is 34.3 Å². The maximum Gasteiger partial charge on any atom is 0.0441 e. The first-order valence-electron chi connectivity index (χ1n) is 5.06. The zero-order valence-electron chi connectivity index (χ0n) is 8.41. The molecule has 0 aromatic heterocycles. The molecule has 1 N–H and O–H groups in total. The van der Waals surface area contributed by atoms with Crippen molar-refractivity contribution in [1.29, 1.82) is 4.78 Å². The Bertz CT molecular complexity index is 424. The minimum absolute atomic E-state index is 0.498. The van der Waals surface area contributed by atoms with Crippen molar-refractivity contribution < 1.29 is 4.21 Å². The normalized spacial score (nSPS) is 31.4. The van der Waals surface area contributed by atoms with E-state index in [1.165, 1.54) is 5.56 Å². The van der Waals surface area contributed by atoms with Crippen LogP contribution in [0.5, 0.6) is 0 Å². The first-order chi connectivity index (χ1) is 7.07. The van der Waals surface area contributed by atoms with Gasteiger partial charge in [-0.3, -0.25) is 4.78 Å². The van der Waals surface area contributed by atoms with Gasteiger partial charge in [0.15, 0.2) is 0 Å². The van der Waals surface area contributed by atoms with Crippen LogP contribution in [0.1, 0.15) is 24.3 Å². The summed E-state index contributed by atoms with van der Waals surface area (Å²) in [6.45, 7) is 0. The van der Waals surface area contributed by atoms with Crippen LogP contribution in [-0.4, -0.2) is 15.7 Å². The molecule has 0 bridgehead atoms. The largest absolute Gasteiger partial charge is 0.253 e. The minimum Gasteiger partial charge on any atom is -0.253 e. The molecule has 0 spiro atoms. The van der Waals surface area contributed by atoms with Crippen LogP contribution < -0.4 is 0 Å². The summed E-state index contributed by atoms with van der Waals surface area (Å²) in [6, 6.07) is 8.32. The smallest absolute Gasteiger partial charge is 0.0441 e. The number of hydrogen-bond acceptors (Lipinski definition) is 2. The van der Waals surface area contributed by atoms with E-state index in [0.29, 0.717) is 17.4 Å². The zero-order chi connectivity index (χ0) is 10.9. The first kappa shape index (κ1) is 11.1. The molecule has 82 valence electrons. The van der Waals surface area contributed by atoms with E-state index in [9.17, 15) is 4.21 Å². The minimum atomic E-state index is -2.24. The Kier molecular flexibility index (Phi) is 3.16. The highest BCUT2D eigenvalue weighted by atomic mass is 79.9. The standard InChI is InChI=1S/C11H14BrNOS/c12-11-3-1-9(2-4-11)10-5-7-15(13,14)8-6-10/h1-4,10,13H,5-8H2. The lowest BCUT2D eigenvalue weighted by molar-refractivity contribution is 0.598. The van der Waals surface area contributed by atoms with E-state index < -0.39 is 9.73 Å². The Morgan fingerprint density at radius 1 is 1.20 bits per heavy atom. The van der Waals surface area contributed by atoms with Crippen molar-refractivity contribution >= 4 is 25.7 Å². The fourth-order valence-corrected chi connectivity index (χ4v) is 3.78. The molecule has 0 amide bonds. The van der Waals surface area contributed by atoms with Gasteiger partial charge in [0, 0.05) is 25.7 Å². The van der Waals surface area contributed by atoms with E-state index in [4.69, 9.17) is 4.78 Å². The fraction of sp³-hybridized carbons (Fsp3) is 0.455.